The Morgan fingerprint density at radius 1 is 1.08 bits per heavy atom. The second-order valence-electron chi connectivity index (χ2n) is 9.53. The van der Waals surface area contributed by atoms with Crippen LogP contribution in [0.25, 0.3) is 0 Å². The molecule has 3 saturated carbocycles. The van der Waals surface area contributed by atoms with Crippen LogP contribution in [0.3, 0.4) is 0 Å². The molecule has 0 aromatic rings. The molecule has 0 saturated heterocycles. The van der Waals surface area contributed by atoms with Crippen molar-refractivity contribution in [1.82, 2.24) is 0 Å². The van der Waals surface area contributed by atoms with Crippen LogP contribution in [0, 0.1) is 34.5 Å². The Balaban J connectivity index is 1.60. The van der Waals surface area contributed by atoms with E-state index in [2.05, 4.69) is 13.8 Å². The molecule has 0 bridgehead atoms. The molecule has 4 aliphatic carbocycles. The number of hydrogen-bond donors (Lipinski definition) is 0. The van der Waals surface area contributed by atoms with Crippen molar-refractivity contribution in [2.24, 2.45) is 34.5 Å². The van der Waals surface area contributed by atoms with Crippen molar-refractivity contribution < 1.29 is 9.59 Å². The topological polar surface area (TPSA) is 34.1 Å². The molecule has 0 unspecified atom stereocenters. The summed E-state index contributed by atoms with van der Waals surface area (Å²) in [5, 5.41) is 0. The number of carbonyl (C=O) groups excluding carboxylic acids is 2. The Morgan fingerprint density at radius 3 is 2.71 bits per heavy atom. The van der Waals surface area contributed by atoms with E-state index in [1.54, 1.807) is 0 Å². The van der Waals surface area contributed by atoms with Crippen molar-refractivity contribution in [2.75, 3.05) is 0 Å². The lowest BCUT2D eigenvalue weighted by Crippen LogP contribution is -2.50. The molecule has 24 heavy (non-hydrogen) atoms. The van der Waals surface area contributed by atoms with E-state index in [0.29, 0.717) is 16.6 Å². The van der Waals surface area contributed by atoms with Gasteiger partial charge in [0, 0.05) is 12.8 Å². The van der Waals surface area contributed by atoms with Gasteiger partial charge in [-0.05, 0) is 91.9 Å². The van der Waals surface area contributed by atoms with E-state index in [4.69, 9.17) is 0 Å². The molecule has 0 aliphatic heterocycles. The van der Waals surface area contributed by atoms with E-state index < -0.39 is 0 Å². The smallest absolute Gasteiger partial charge is 0.155 e. The van der Waals surface area contributed by atoms with Gasteiger partial charge in [0.25, 0.3) is 0 Å². The predicted octanol–water partition coefficient (Wildman–Crippen LogP) is 5.11. The van der Waals surface area contributed by atoms with Crippen molar-refractivity contribution in [3.05, 3.63) is 11.6 Å². The number of allylic oxidation sites excluding steroid dienone is 1. The van der Waals surface area contributed by atoms with E-state index >= 15 is 0 Å². The molecule has 0 spiro atoms. The van der Waals surface area contributed by atoms with Crippen molar-refractivity contribution in [1.29, 1.82) is 0 Å². The summed E-state index contributed by atoms with van der Waals surface area (Å²) < 4.78 is 0. The maximum atomic E-state index is 11.9. The fraction of sp³-hybridized carbons (Fsp3) is 0.818. The molecule has 0 radical (unpaired) electrons. The summed E-state index contributed by atoms with van der Waals surface area (Å²) in [6, 6.07) is 0. The highest BCUT2D eigenvalue weighted by atomic mass is 16.1. The van der Waals surface area contributed by atoms with E-state index in [-0.39, 0.29) is 0 Å². The van der Waals surface area contributed by atoms with Crippen LogP contribution < -0.4 is 0 Å². The minimum Gasteiger partial charge on any atom is -0.303 e. The Labute approximate surface area is 146 Å². The Kier molecular flexibility index (Phi) is 4.01. The molecular weight excluding hydrogens is 296 g/mol. The standard InChI is InChI=1S/C22H32O2/c1-21-12-10-20-18(19(21)8-6-15(21)4-3-13-23)7-5-16-14-17(24)9-11-22(16,20)2/h13-15,18-20H,3-12H2,1-2H3/t15-,18+,19+,20+,21-,22+/m1/s1. The van der Waals surface area contributed by atoms with Gasteiger partial charge in [-0.15, -0.1) is 0 Å². The third kappa shape index (κ3) is 2.28. The van der Waals surface area contributed by atoms with Crippen LogP contribution >= 0.6 is 0 Å². The lowest BCUT2D eigenvalue weighted by Gasteiger charge is -2.58. The first-order chi connectivity index (χ1) is 11.5. The van der Waals surface area contributed by atoms with Crippen LogP contribution in [0.2, 0.25) is 0 Å². The number of aldehydes is 1. The average molecular weight is 328 g/mol. The highest BCUT2D eigenvalue weighted by Gasteiger charge is 2.58. The van der Waals surface area contributed by atoms with Gasteiger partial charge >= 0.3 is 0 Å². The third-order valence-corrected chi connectivity index (χ3v) is 8.79. The molecule has 0 aromatic carbocycles. The minimum absolute atomic E-state index is 0.291. The summed E-state index contributed by atoms with van der Waals surface area (Å²) in [6.07, 6.45) is 14.6. The SMILES string of the molecule is C[C@]12CC[C@H]3[C@@H](CCC4=CC(=O)CC[C@@]43C)[C@@H]1CC[C@H]2CCC=O. The first-order valence-corrected chi connectivity index (χ1v) is 10.2. The van der Waals surface area contributed by atoms with Gasteiger partial charge in [0.05, 0.1) is 0 Å². The molecule has 2 nitrogen and oxygen atoms in total. The van der Waals surface area contributed by atoms with Crippen molar-refractivity contribution in [2.45, 2.75) is 78.1 Å². The Bertz CT molecular complexity index is 577. The van der Waals surface area contributed by atoms with Crippen LogP contribution in [0.4, 0.5) is 0 Å². The van der Waals surface area contributed by atoms with Crippen LogP contribution in [0.15, 0.2) is 11.6 Å². The number of carbonyl (C=O) groups is 2. The lowest BCUT2D eigenvalue weighted by molar-refractivity contribution is -0.117. The summed E-state index contributed by atoms with van der Waals surface area (Å²) in [4.78, 5) is 22.7. The molecule has 3 fully saturated rings. The molecule has 6 atom stereocenters. The highest BCUT2D eigenvalue weighted by Crippen LogP contribution is 2.67. The average Bonchev–Trinajstić information content (AvgIpc) is 2.90. The van der Waals surface area contributed by atoms with Crippen molar-refractivity contribution >= 4 is 12.1 Å². The van der Waals surface area contributed by atoms with Crippen LogP contribution in [0.1, 0.15) is 78.1 Å². The summed E-state index contributed by atoms with van der Waals surface area (Å²) >= 11 is 0. The van der Waals surface area contributed by atoms with E-state index in [9.17, 15) is 9.59 Å². The predicted molar refractivity (Wildman–Crippen MR) is 95.5 cm³/mol. The molecule has 0 aromatic heterocycles. The normalized spacial score (nSPS) is 47.4. The van der Waals surface area contributed by atoms with Crippen LogP contribution in [-0.2, 0) is 9.59 Å². The maximum Gasteiger partial charge on any atom is 0.155 e. The molecule has 0 amide bonds. The highest BCUT2D eigenvalue weighted by molar-refractivity contribution is 5.91. The second kappa shape index (κ2) is 5.81. The molecule has 0 N–H and O–H groups in total. The van der Waals surface area contributed by atoms with Gasteiger partial charge in [0.1, 0.15) is 6.29 Å². The third-order valence-electron chi connectivity index (χ3n) is 8.79. The van der Waals surface area contributed by atoms with Gasteiger partial charge in [-0.25, -0.2) is 0 Å². The van der Waals surface area contributed by atoms with Gasteiger partial charge in [-0.1, -0.05) is 19.4 Å². The van der Waals surface area contributed by atoms with Gasteiger partial charge < -0.3 is 4.79 Å². The van der Waals surface area contributed by atoms with E-state index in [0.717, 1.165) is 62.1 Å². The van der Waals surface area contributed by atoms with Crippen molar-refractivity contribution in [3.63, 3.8) is 0 Å². The Hall–Kier alpha value is -0.920. The fourth-order valence-corrected chi connectivity index (χ4v) is 7.41. The summed E-state index contributed by atoms with van der Waals surface area (Å²) in [5.74, 6) is 3.60. The zero-order valence-electron chi connectivity index (χ0n) is 15.4. The van der Waals surface area contributed by atoms with Gasteiger partial charge in [0.2, 0.25) is 0 Å². The molecule has 4 rings (SSSR count). The van der Waals surface area contributed by atoms with Crippen LogP contribution in [-0.4, -0.2) is 12.1 Å². The Morgan fingerprint density at radius 2 is 1.92 bits per heavy atom. The minimum atomic E-state index is 0.291. The first-order valence-electron chi connectivity index (χ1n) is 10.2. The quantitative estimate of drug-likeness (QED) is 0.674. The zero-order valence-corrected chi connectivity index (χ0v) is 15.4. The van der Waals surface area contributed by atoms with Gasteiger partial charge in [-0.2, -0.15) is 0 Å². The molecule has 4 aliphatic rings. The van der Waals surface area contributed by atoms with Gasteiger partial charge in [0.15, 0.2) is 5.78 Å². The van der Waals surface area contributed by atoms with E-state index in [1.165, 1.54) is 37.7 Å². The van der Waals surface area contributed by atoms with Crippen LogP contribution in [0.5, 0.6) is 0 Å². The largest absolute Gasteiger partial charge is 0.303 e. The number of fused-ring (bicyclic) bond motifs is 5. The summed E-state index contributed by atoms with van der Waals surface area (Å²) in [5.41, 5.74) is 2.23. The number of rotatable bonds is 3. The first kappa shape index (κ1) is 16.5. The number of ketones is 1. The monoisotopic (exact) mass is 328 g/mol. The summed E-state index contributed by atoms with van der Waals surface area (Å²) in [7, 11) is 0. The van der Waals surface area contributed by atoms with Gasteiger partial charge in [-0.3, -0.25) is 4.79 Å². The molecule has 132 valence electrons. The second-order valence-corrected chi connectivity index (χ2v) is 9.53. The number of hydrogen-bond acceptors (Lipinski definition) is 2. The molecule has 2 heteroatoms. The van der Waals surface area contributed by atoms with E-state index in [1.807, 2.05) is 6.08 Å². The lowest BCUT2D eigenvalue weighted by atomic mass is 9.47. The van der Waals surface area contributed by atoms with Crippen molar-refractivity contribution in [3.8, 4) is 0 Å². The maximum absolute atomic E-state index is 11.9. The molecular formula is C22H32O2. The fourth-order valence-electron chi connectivity index (χ4n) is 7.41. The summed E-state index contributed by atoms with van der Waals surface area (Å²) in [6.45, 7) is 5.00. The zero-order chi connectivity index (χ0) is 16.9. The molecule has 0 heterocycles.